The van der Waals surface area contributed by atoms with Crippen molar-refractivity contribution in [1.29, 1.82) is 5.26 Å². The van der Waals surface area contributed by atoms with E-state index in [1.54, 1.807) is 6.07 Å². The van der Waals surface area contributed by atoms with Crippen molar-refractivity contribution in [3.63, 3.8) is 0 Å². The van der Waals surface area contributed by atoms with Gasteiger partial charge in [0.15, 0.2) is 11.6 Å². The number of halogens is 2. The number of rotatable bonds is 3. The fourth-order valence-corrected chi connectivity index (χ4v) is 1.37. The van der Waals surface area contributed by atoms with Crippen LogP contribution in [0.15, 0.2) is 36.5 Å². The van der Waals surface area contributed by atoms with Crippen molar-refractivity contribution in [2.24, 2.45) is 0 Å². The topological polar surface area (TPSA) is 45.9 Å². The molecule has 2 rings (SSSR count). The second-order valence-electron chi connectivity index (χ2n) is 3.52. The normalized spacial score (nSPS) is 9.83. The summed E-state index contributed by atoms with van der Waals surface area (Å²) in [5.41, 5.74) is 0.904. The Morgan fingerprint density at radius 3 is 2.83 bits per heavy atom. The third kappa shape index (κ3) is 2.80. The lowest BCUT2D eigenvalue weighted by molar-refractivity contribution is 0.288. The maximum absolute atomic E-state index is 13.3. The van der Waals surface area contributed by atoms with Crippen molar-refractivity contribution in [2.45, 2.75) is 6.61 Å². The highest BCUT2D eigenvalue weighted by molar-refractivity contribution is 5.27. The Hall–Kier alpha value is -2.48. The molecule has 0 saturated carbocycles. The second-order valence-corrected chi connectivity index (χ2v) is 3.52. The van der Waals surface area contributed by atoms with Crippen molar-refractivity contribution < 1.29 is 13.5 Å². The maximum Gasteiger partial charge on any atom is 0.165 e. The smallest absolute Gasteiger partial charge is 0.165 e. The van der Waals surface area contributed by atoms with Crippen molar-refractivity contribution in [3.8, 4) is 11.8 Å². The van der Waals surface area contributed by atoms with Crippen molar-refractivity contribution >= 4 is 0 Å². The monoisotopic (exact) mass is 246 g/mol. The van der Waals surface area contributed by atoms with Crippen LogP contribution in [0.3, 0.4) is 0 Å². The predicted octanol–water partition coefficient (Wildman–Crippen LogP) is 2.81. The molecule has 0 aliphatic heterocycles. The molecule has 0 saturated heterocycles. The van der Waals surface area contributed by atoms with E-state index < -0.39 is 11.6 Å². The molecule has 0 unspecified atom stereocenters. The van der Waals surface area contributed by atoms with Crippen LogP contribution in [-0.4, -0.2) is 4.98 Å². The van der Waals surface area contributed by atoms with Crippen LogP contribution in [0.2, 0.25) is 0 Å². The molecule has 1 heterocycles. The number of ether oxygens (including phenoxy) is 1. The van der Waals surface area contributed by atoms with E-state index in [4.69, 9.17) is 10.00 Å². The Morgan fingerprint density at radius 1 is 1.22 bits per heavy atom. The van der Waals surface area contributed by atoms with Crippen LogP contribution in [0.25, 0.3) is 0 Å². The molecule has 18 heavy (non-hydrogen) atoms. The number of hydrogen-bond acceptors (Lipinski definition) is 3. The lowest BCUT2D eigenvalue weighted by Crippen LogP contribution is -1.99. The zero-order valence-corrected chi connectivity index (χ0v) is 9.23. The van der Waals surface area contributed by atoms with E-state index in [0.29, 0.717) is 5.56 Å². The zero-order valence-electron chi connectivity index (χ0n) is 9.23. The molecule has 0 N–H and O–H groups in total. The highest BCUT2D eigenvalue weighted by atomic mass is 19.1. The van der Waals surface area contributed by atoms with E-state index in [1.165, 1.54) is 12.3 Å². The number of hydrogen-bond donors (Lipinski definition) is 0. The van der Waals surface area contributed by atoms with Gasteiger partial charge in [0.25, 0.3) is 0 Å². The molecule has 5 heteroatoms. The largest absolute Gasteiger partial charge is 0.486 e. The molecule has 90 valence electrons. The highest BCUT2D eigenvalue weighted by Gasteiger charge is 2.05. The van der Waals surface area contributed by atoms with Gasteiger partial charge in [-0.15, -0.1) is 0 Å². The lowest BCUT2D eigenvalue weighted by atomic mass is 10.2. The molecular formula is C13H8F2N2O. The summed E-state index contributed by atoms with van der Waals surface area (Å²) in [4.78, 5) is 3.79. The predicted molar refractivity (Wildman–Crippen MR) is 59.6 cm³/mol. The molecule has 0 fully saturated rings. The van der Waals surface area contributed by atoms with Gasteiger partial charge in [0.2, 0.25) is 0 Å². The number of nitriles is 1. The van der Waals surface area contributed by atoms with Gasteiger partial charge in [-0.3, -0.25) is 0 Å². The zero-order chi connectivity index (χ0) is 13.0. The minimum atomic E-state index is -0.633. The Kier molecular flexibility index (Phi) is 3.49. The summed E-state index contributed by atoms with van der Waals surface area (Å²) in [6.07, 6.45) is 1.46. The summed E-state index contributed by atoms with van der Waals surface area (Å²) in [5, 5.41) is 8.66. The first-order valence-corrected chi connectivity index (χ1v) is 5.12. The summed E-state index contributed by atoms with van der Waals surface area (Å²) in [5.74, 6) is -1.37. The first-order chi connectivity index (χ1) is 8.69. The fraction of sp³-hybridized carbons (Fsp3) is 0.0769. The first-order valence-electron chi connectivity index (χ1n) is 5.12. The minimum Gasteiger partial charge on any atom is -0.486 e. The Labute approximate surface area is 102 Å². The van der Waals surface area contributed by atoms with E-state index >= 15 is 0 Å². The highest BCUT2D eigenvalue weighted by Crippen LogP contribution is 2.19. The fourth-order valence-electron chi connectivity index (χ4n) is 1.37. The third-order valence-electron chi connectivity index (χ3n) is 2.23. The first kappa shape index (κ1) is 12.0. The summed E-state index contributed by atoms with van der Waals surface area (Å²) in [7, 11) is 0. The van der Waals surface area contributed by atoms with Crippen molar-refractivity contribution in [2.75, 3.05) is 0 Å². The average Bonchev–Trinajstić information content (AvgIpc) is 2.40. The van der Waals surface area contributed by atoms with Crippen LogP contribution in [0.1, 0.15) is 11.3 Å². The molecule has 0 spiro atoms. The molecule has 1 aromatic heterocycles. The van der Waals surface area contributed by atoms with Gasteiger partial charge < -0.3 is 4.74 Å². The van der Waals surface area contributed by atoms with E-state index in [0.717, 1.165) is 18.2 Å². The third-order valence-corrected chi connectivity index (χ3v) is 2.23. The quantitative estimate of drug-likeness (QED) is 0.836. The number of nitrogens with zero attached hydrogens (tertiary/aromatic N) is 2. The van der Waals surface area contributed by atoms with Gasteiger partial charge in [0, 0.05) is 12.3 Å². The lowest BCUT2D eigenvalue weighted by Gasteiger charge is -2.07. The van der Waals surface area contributed by atoms with Gasteiger partial charge in [-0.25, -0.2) is 13.8 Å². The van der Waals surface area contributed by atoms with Crippen LogP contribution in [0.4, 0.5) is 8.78 Å². The van der Waals surface area contributed by atoms with E-state index in [2.05, 4.69) is 4.98 Å². The van der Waals surface area contributed by atoms with Crippen LogP contribution < -0.4 is 4.74 Å². The van der Waals surface area contributed by atoms with Gasteiger partial charge in [0.05, 0.1) is 0 Å². The van der Waals surface area contributed by atoms with Gasteiger partial charge in [-0.05, 0) is 29.8 Å². The van der Waals surface area contributed by atoms with E-state index in [-0.39, 0.29) is 18.1 Å². The Morgan fingerprint density at radius 2 is 2.06 bits per heavy atom. The molecular weight excluding hydrogens is 238 g/mol. The molecule has 0 radical (unpaired) electrons. The summed E-state index contributed by atoms with van der Waals surface area (Å²) >= 11 is 0. The van der Waals surface area contributed by atoms with E-state index in [1.807, 2.05) is 6.07 Å². The molecule has 2 aromatic rings. The van der Waals surface area contributed by atoms with Crippen LogP contribution in [0.5, 0.6) is 5.75 Å². The van der Waals surface area contributed by atoms with Crippen LogP contribution in [0, 0.1) is 23.0 Å². The Balaban J connectivity index is 2.11. The summed E-state index contributed by atoms with van der Waals surface area (Å²) < 4.78 is 31.3. The SMILES string of the molecule is N#Cc1cc(COc2cc(F)ccc2F)ccn1. The molecule has 0 amide bonds. The van der Waals surface area contributed by atoms with E-state index in [9.17, 15) is 8.78 Å². The average molecular weight is 246 g/mol. The minimum absolute atomic E-state index is 0.0393. The number of aromatic nitrogens is 1. The molecule has 0 bridgehead atoms. The number of pyridine rings is 1. The van der Waals surface area contributed by atoms with Crippen molar-refractivity contribution in [3.05, 3.63) is 59.4 Å². The molecule has 0 aliphatic rings. The summed E-state index contributed by atoms with van der Waals surface area (Å²) in [6.45, 7) is 0.0393. The van der Waals surface area contributed by atoms with Crippen LogP contribution in [-0.2, 0) is 6.61 Å². The Bertz CT molecular complexity index is 608. The van der Waals surface area contributed by atoms with Gasteiger partial charge in [-0.1, -0.05) is 0 Å². The van der Waals surface area contributed by atoms with Gasteiger partial charge in [-0.2, -0.15) is 5.26 Å². The maximum atomic E-state index is 13.3. The molecule has 3 nitrogen and oxygen atoms in total. The van der Waals surface area contributed by atoms with Gasteiger partial charge in [0.1, 0.15) is 24.2 Å². The number of benzene rings is 1. The standard InChI is InChI=1S/C13H8F2N2O/c14-10-1-2-12(15)13(6-10)18-8-9-3-4-17-11(5-9)7-16/h1-6H,8H2. The molecule has 0 atom stereocenters. The summed E-state index contributed by atoms with van der Waals surface area (Å²) in [6, 6.07) is 8.04. The second kappa shape index (κ2) is 5.23. The van der Waals surface area contributed by atoms with Gasteiger partial charge >= 0.3 is 0 Å². The van der Waals surface area contributed by atoms with Crippen LogP contribution >= 0.6 is 0 Å². The molecule has 0 aliphatic carbocycles. The van der Waals surface area contributed by atoms with Crippen molar-refractivity contribution in [1.82, 2.24) is 4.98 Å². The molecule has 1 aromatic carbocycles.